The first kappa shape index (κ1) is 26.6. The van der Waals surface area contributed by atoms with Crippen LogP contribution in [0.5, 0.6) is 0 Å². The van der Waals surface area contributed by atoms with E-state index in [1.54, 1.807) is 0 Å². The molecule has 2 aromatic rings. The van der Waals surface area contributed by atoms with Crippen LogP contribution < -0.4 is 15.8 Å². The third-order valence-electron chi connectivity index (χ3n) is 4.02. The van der Waals surface area contributed by atoms with Gasteiger partial charge < -0.3 is 10.6 Å². The molecule has 2 aromatic carbocycles. The molecule has 184 valence electrons. The van der Waals surface area contributed by atoms with Crippen LogP contribution in [0.1, 0.15) is 0 Å². The number of primary sulfonamides is 1. The first-order valence-corrected chi connectivity index (χ1v) is 15.7. The van der Waals surface area contributed by atoms with Crippen molar-refractivity contribution in [1.29, 1.82) is 0 Å². The monoisotopic (exact) mass is 609 g/mol. The minimum Gasteiger partial charge on any atom is -0.344 e. The lowest BCUT2D eigenvalue weighted by molar-refractivity contribution is 0.593. The van der Waals surface area contributed by atoms with Crippen LogP contribution in [-0.4, -0.2) is 46.3 Å². The molecule has 20 heteroatoms. The molecule has 0 bridgehead atoms. The van der Waals surface area contributed by atoms with Crippen molar-refractivity contribution in [3.05, 3.63) is 34.3 Å². The van der Waals surface area contributed by atoms with E-state index in [0.29, 0.717) is 0 Å². The molecule has 2 aliphatic rings. The van der Waals surface area contributed by atoms with E-state index in [4.69, 9.17) is 39.0 Å². The van der Waals surface area contributed by atoms with Gasteiger partial charge in [0.05, 0.1) is 21.4 Å². The zero-order valence-corrected chi connectivity index (χ0v) is 21.5. The fourth-order valence-corrected chi connectivity index (χ4v) is 7.27. The van der Waals surface area contributed by atoms with Gasteiger partial charge in [-0.15, -0.1) is 8.80 Å². The fourth-order valence-electron chi connectivity index (χ4n) is 2.57. The number of anilines is 2. The van der Waals surface area contributed by atoms with Crippen molar-refractivity contribution in [1.82, 2.24) is 0 Å². The van der Waals surface area contributed by atoms with E-state index in [1.807, 2.05) is 0 Å². The lowest BCUT2D eigenvalue weighted by Crippen LogP contribution is -2.16. The van der Waals surface area contributed by atoms with Crippen molar-refractivity contribution in [3.8, 4) is 0 Å². The van der Waals surface area contributed by atoms with Crippen molar-refractivity contribution < 1.29 is 33.7 Å². The highest BCUT2D eigenvalue weighted by molar-refractivity contribution is 8.13. The molecule has 0 unspecified atom stereocenters. The molecule has 34 heavy (non-hydrogen) atoms. The van der Waals surface area contributed by atoms with Crippen LogP contribution >= 0.6 is 33.9 Å². The number of halogens is 3. The van der Waals surface area contributed by atoms with Gasteiger partial charge in [0.1, 0.15) is 32.3 Å². The molecule has 0 aromatic heterocycles. The highest BCUT2D eigenvalue weighted by Gasteiger charge is 2.27. The van der Waals surface area contributed by atoms with Crippen LogP contribution in [0.15, 0.2) is 52.6 Å². The van der Waals surface area contributed by atoms with Crippen molar-refractivity contribution >= 4 is 97.1 Å². The van der Waals surface area contributed by atoms with Gasteiger partial charge >= 0.3 is 0 Å². The van der Waals surface area contributed by atoms with Crippen LogP contribution in [0.25, 0.3) is 0 Å². The highest BCUT2D eigenvalue weighted by Crippen LogP contribution is 2.35. The number of sulfonamides is 3. The van der Waals surface area contributed by atoms with Crippen LogP contribution in [-0.2, 0) is 39.1 Å². The summed E-state index contributed by atoms with van der Waals surface area (Å²) in [5.74, 6) is 0. The number of rotatable bonds is 2. The predicted molar refractivity (Wildman–Crippen MR) is 126 cm³/mol. The Kier molecular flexibility index (Phi) is 6.97. The Morgan fingerprint density at radius 2 is 1.12 bits per heavy atom. The predicted octanol–water partition coefficient (Wildman–Crippen LogP) is 1.54. The van der Waals surface area contributed by atoms with E-state index in [-0.39, 0.29) is 31.2 Å². The SMILES string of the molecule is NS(=O)(=O)c1cc2c(cc1Cl)NC=NS2(=O)=O.O=S(=O)(Cl)c1cc2c(cc1Cl)NC=NS2(=O)=O. The molecule has 0 fully saturated rings. The summed E-state index contributed by atoms with van der Waals surface area (Å²) in [5.41, 5.74) is 0.298. The normalized spacial score (nSPS) is 17.3. The molecule has 0 saturated heterocycles. The molecule has 0 aliphatic carbocycles. The lowest BCUT2D eigenvalue weighted by Gasteiger charge is -2.14. The molecule has 4 N–H and O–H groups in total. The second-order valence-electron chi connectivity index (χ2n) is 6.25. The van der Waals surface area contributed by atoms with Crippen LogP contribution in [0, 0.1) is 0 Å². The zero-order chi connectivity index (χ0) is 25.7. The van der Waals surface area contributed by atoms with Gasteiger partial charge in [0, 0.05) is 10.7 Å². The summed E-state index contributed by atoms with van der Waals surface area (Å²) in [6, 6.07) is 4.08. The van der Waals surface area contributed by atoms with E-state index in [0.717, 1.165) is 30.9 Å². The van der Waals surface area contributed by atoms with E-state index in [9.17, 15) is 33.7 Å². The number of nitrogens with two attached hydrogens (primary N) is 1. The van der Waals surface area contributed by atoms with Gasteiger partial charge in [-0.25, -0.2) is 22.0 Å². The Bertz CT molecular complexity index is 1580. The molecule has 2 aliphatic heterocycles. The molecular formula is C14H10Cl3N5O8S4. The van der Waals surface area contributed by atoms with E-state index in [1.165, 1.54) is 6.07 Å². The van der Waals surface area contributed by atoms with Gasteiger partial charge in [0.25, 0.3) is 29.1 Å². The molecule has 0 radical (unpaired) electrons. The third-order valence-corrected chi connectivity index (χ3v) is 9.73. The second kappa shape index (κ2) is 8.90. The maximum atomic E-state index is 11.5. The summed E-state index contributed by atoms with van der Waals surface area (Å²) in [5, 5.41) is 9.67. The molecule has 2 heterocycles. The van der Waals surface area contributed by atoms with E-state index >= 15 is 0 Å². The van der Waals surface area contributed by atoms with Gasteiger partial charge in [-0.1, -0.05) is 23.2 Å². The van der Waals surface area contributed by atoms with Crippen molar-refractivity contribution in [2.24, 2.45) is 13.9 Å². The van der Waals surface area contributed by atoms with Crippen LogP contribution in [0.4, 0.5) is 11.4 Å². The van der Waals surface area contributed by atoms with Crippen molar-refractivity contribution in [2.75, 3.05) is 10.6 Å². The summed E-state index contributed by atoms with van der Waals surface area (Å²) in [6.45, 7) is 0. The average molecular weight is 611 g/mol. The van der Waals surface area contributed by atoms with Crippen molar-refractivity contribution in [3.63, 3.8) is 0 Å². The topological polar surface area (TPSA) is 211 Å². The minimum atomic E-state index is -4.12. The Morgan fingerprint density at radius 1 is 0.735 bits per heavy atom. The van der Waals surface area contributed by atoms with Crippen molar-refractivity contribution in [2.45, 2.75) is 19.6 Å². The maximum absolute atomic E-state index is 11.5. The first-order chi connectivity index (χ1) is 15.4. The van der Waals surface area contributed by atoms with Gasteiger partial charge in [-0.05, 0) is 24.3 Å². The zero-order valence-electron chi connectivity index (χ0n) is 16.0. The van der Waals surface area contributed by atoms with Gasteiger partial charge in [-0.2, -0.15) is 16.8 Å². The molecule has 13 nitrogen and oxygen atoms in total. The third kappa shape index (κ3) is 5.46. The summed E-state index contributed by atoms with van der Waals surface area (Å²) < 4.78 is 97.3. The molecule has 0 atom stereocenters. The number of fused-ring (bicyclic) bond motifs is 2. The largest absolute Gasteiger partial charge is 0.344 e. The molecular weight excluding hydrogens is 601 g/mol. The number of hydrogen-bond acceptors (Lipinski definition) is 10. The Morgan fingerprint density at radius 3 is 1.50 bits per heavy atom. The standard InChI is InChI=1S/C7H4Cl2N2O4S2.C7H6ClN3O4S2/c2*8-4-1-5-7(2-6(4)16(9,12)13)17(14,15)11-3-10-5/h1-3H,(H,10,11);1-3H,(H,10,11)(H2,9,12,13). The van der Waals surface area contributed by atoms with Gasteiger partial charge in [0.15, 0.2) is 0 Å². The number of hydrogen-bond donors (Lipinski definition) is 3. The lowest BCUT2D eigenvalue weighted by atomic mass is 10.3. The summed E-state index contributed by atoms with van der Waals surface area (Å²) in [6.07, 6.45) is 1.95. The fraction of sp³-hybridized carbons (Fsp3) is 0. The summed E-state index contributed by atoms with van der Waals surface area (Å²) >= 11 is 11.4. The minimum absolute atomic E-state index is 0.147. The Hall–Kier alpha value is -1.99. The number of nitrogens with zero attached hydrogens (tertiary/aromatic N) is 2. The Labute approximate surface area is 208 Å². The molecule has 0 amide bonds. The smallest absolute Gasteiger partial charge is 0.285 e. The van der Waals surface area contributed by atoms with E-state index < -0.39 is 48.9 Å². The number of nitrogens with one attached hydrogen (secondary N) is 2. The van der Waals surface area contributed by atoms with E-state index in [2.05, 4.69) is 19.4 Å². The quantitative estimate of drug-likeness (QED) is 0.417. The average Bonchev–Trinajstić information content (AvgIpc) is 2.65. The maximum Gasteiger partial charge on any atom is 0.285 e. The molecule has 0 saturated carbocycles. The number of benzene rings is 2. The second-order valence-corrected chi connectivity index (χ2v) is 14.3. The van der Waals surface area contributed by atoms with Crippen LogP contribution in [0.3, 0.4) is 0 Å². The van der Waals surface area contributed by atoms with Crippen LogP contribution in [0.2, 0.25) is 10.0 Å². The first-order valence-electron chi connectivity index (χ1n) is 8.19. The van der Waals surface area contributed by atoms with Gasteiger partial charge in [0.2, 0.25) is 10.0 Å². The highest BCUT2D eigenvalue weighted by atomic mass is 35.7. The summed E-state index contributed by atoms with van der Waals surface area (Å²) in [4.78, 5) is -1.50. The van der Waals surface area contributed by atoms with Gasteiger partial charge in [-0.3, -0.25) is 0 Å². The summed E-state index contributed by atoms with van der Waals surface area (Å²) in [7, 11) is -10.9. The molecule has 4 rings (SSSR count). The molecule has 0 spiro atoms. The Balaban J connectivity index is 0.000000191.